The van der Waals surface area contributed by atoms with E-state index in [2.05, 4.69) is 0 Å². The first-order valence-corrected chi connectivity index (χ1v) is 10.6. The maximum atomic E-state index is 5.94. The molecule has 1 aromatic rings. The molecule has 0 unspecified atom stereocenters. The third kappa shape index (κ3) is 5.14. The van der Waals surface area contributed by atoms with Crippen LogP contribution in [0.5, 0.6) is 5.75 Å². The Labute approximate surface area is 114 Å². The molecule has 1 rings (SSSR count). The van der Waals surface area contributed by atoms with E-state index in [1.807, 2.05) is 36.7 Å². The summed E-state index contributed by atoms with van der Waals surface area (Å²) in [5.41, 5.74) is 1.03. The molecule has 0 aliphatic rings. The summed E-state index contributed by atoms with van der Waals surface area (Å²) in [4.78, 5) is 0. The van der Waals surface area contributed by atoms with Crippen LogP contribution in [0, 0.1) is 0 Å². The molecule has 0 N–H and O–H groups in total. The van der Waals surface area contributed by atoms with Crippen LogP contribution in [0.2, 0.25) is 5.02 Å². The summed E-state index contributed by atoms with van der Waals surface area (Å²) in [6.45, 7) is 3.98. The molecular weight excluding hydrogens is 356 g/mol. The van der Waals surface area contributed by atoms with Crippen molar-refractivity contribution in [3.8, 4) is 5.75 Å². The zero-order valence-corrected chi connectivity index (χ0v) is 13.0. The SMILES string of the molecule is CC(C)Oc1ccc(Cl)cc1C[CH]=[Ru]([Cl])[Cl]. The van der Waals surface area contributed by atoms with Gasteiger partial charge in [0, 0.05) is 0 Å². The van der Waals surface area contributed by atoms with E-state index >= 15 is 0 Å². The molecule has 0 aliphatic carbocycles. The van der Waals surface area contributed by atoms with Crippen molar-refractivity contribution in [3.63, 3.8) is 0 Å². The standard InChI is InChI=1S/C11H13ClO.2ClH.Ru/c1-4-9-7-10(12)5-6-11(9)13-8(2)3;;;/h1,5-8H,4H2,2-3H3;2*1H;/q;;;+2/p-2. The van der Waals surface area contributed by atoms with Gasteiger partial charge in [-0.05, 0) is 0 Å². The Morgan fingerprint density at radius 2 is 2.06 bits per heavy atom. The van der Waals surface area contributed by atoms with Crippen LogP contribution in [0.3, 0.4) is 0 Å². The van der Waals surface area contributed by atoms with Crippen LogP contribution in [-0.2, 0) is 19.9 Å². The number of halogens is 3. The summed E-state index contributed by atoms with van der Waals surface area (Å²) in [6, 6.07) is 5.59. The second-order valence-electron chi connectivity index (χ2n) is 3.47. The molecule has 0 bridgehead atoms. The number of hydrogen-bond acceptors (Lipinski definition) is 1. The van der Waals surface area contributed by atoms with Crippen LogP contribution in [0.15, 0.2) is 18.2 Å². The van der Waals surface area contributed by atoms with Crippen molar-refractivity contribution in [2.24, 2.45) is 0 Å². The first-order valence-electron chi connectivity index (χ1n) is 4.75. The van der Waals surface area contributed by atoms with E-state index in [1.165, 1.54) is 0 Å². The van der Waals surface area contributed by atoms with Gasteiger partial charge in [0.2, 0.25) is 0 Å². The Hall–Kier alpha value is 0.383. The van der Waals surface area contributed by atoms with E-state index in [4.69, 9.17) is 35.7 Å². The molecule has 92 valence electrons. The molecule has 0 radical (unpaired) electrons. The Bertz CT molecular complexity index is 387. The van der Waals surface area contributed by atoms with Crippen molar-refractivity contribution in [2.75, 3.05) is 0 Å². The summed E-state index contributed by atoms with van der Waals surface area (Å²) in [7, 11) is 11.6. The van der Waals surface area contributed by atoms with Crippen molar-refractivity contribution in [3.05, 3.63) is 28.8 Å². The van der Waals surface area contributed by atoms with Crippen LogP contribution >= 0.6 is 31.0 Å². The fourth-order valence-electron chi connectivity index (χ4n) is 1.21. The molecular formula is C11H13Cl3ORu. The third-order valence-corrected chi connectivity index (χ3v) is 4.20. The fraction of sp³-hybridized carbons (Fsp3) is 0.364. The molecule has 1 aromatic carbocycles. The molecule has 0 atom stereocenters. The monoisotopic (exact) mass is 368 g/mol. The summed E-state index contributed by atoms with van der Waals surface area (Å²) in [5.74, 6) is 0.847. The Balaban J connectivity index is 2.93. The maximum absolute atomic E-state index is 5.94. The van der Waals surface area contributed by atoms with Gasteiger partial charge in [0.15, 0.2) is 0 Å². The number of ether oxygens (including phenoxy) is 1. The van der Waals surface area contributed by atoms with Gasteiger partial charge in [-0.15, -0.1) is 0 Å². The minimum atomic E-state index is -1.73. The average molecular weight is 369 g/mol. The van der Waals surface area contributed by atoms with Gasteiger partial charge in [0.1, 0.15) is 0 Å². The topological polar surface area (TPSA) is 9.23 Å². The summed E-state index contributed by atoms with van der Waals surface area (Å²) >= 11 is 4.21. The van der Waals surface area contributed by atoms with Gasteiger partial charge in [0.05, 0.1) is 0 Å². The van der Waals surface area contributed by atoms with Crippen molar-refractivity contribution in [1.29, 1.82) is 0 Å². The molecule has 0 saturated heterocycles. The molecule has 1 nitrogen and oxygen atoms in total. The van der Waals surface area contributed by atoms with E-state index in [-0.39, 0.29) is 6.10 Å². The first kappa shape index (κ1) is 14.4. The number of hydrogen-bond donors (Lipinski definition) is 0. The van der Waals surface area contributed by atoms with Gasteiger partial charge in [0.25, 0.3) is 0 Å². The van der Waals surface area contributed by atoms with Crippen LogP contribution in [0.1, 0.15) is 19.4 Å². The molecule has 16 heavy (non-hydrogen) atoms. The predicted molar refractivity (Wildman–Crippen MR) is 68.7 cm³/mol. The first-order chi connectivity index (χ1) is 7.49. The van der Waals surface area contributed by atoms with Gasteiger partial charge in [-0.2, -0.15) is 0 Å². The summed E-state index contributed by atoms with van der Waals surface area (Å²) in [6.07, 6.45) is 0.842. The summed E-state index contributed by atoms with van der Waals surface area (Å²) < 4.78 is 7.62. The second kappa shape index (κ2) is 6.96. The second-order valence-corrected chi connectivity index (χ2v) is 9.84. The minimum absolute atomic E-state index is 0.139. The molecule has 5 heteroatoms. The van der Waals surface area contributed by atoms with Gasteiger partial charge >= 0.3 is 115 Å². The normalized spacial score (nSPS) is 11.5. The van der Waals surface area contributed by atoms with Crippen molar-refractivity contribution < 1.29 is 18.3 Å². The molecule has 0 amide bonds. The molecule has 0 saturated carbocycles. The number of rotatable bonds is 4. The van der Waals surface area contributed by atoms with Gasteiger partial charge in [-0.1, -0.05) is 0 Å². The van der Waals surface area contributed by atoms with Crippen LogP contribution in [0.4, 0.5) is 0 Å². The van der Waals surface area contributed by atoms with Crippen LogP contribution < -0.4 is 4.74 Å². The van der Waals surface area contributed by atoms with Crippen molar-refractivity contribution in [2.45, 2.75) is 26.4 Å². The average Bonchev–Trinajstić information content (AvgIpc) is 2.17. The zero-order valence-electron chi connectivity index (χ0n) is 8.99. The molecule has 0 spiro atoms. The van der Waals surface area contributed by atoms with Crippen molar-refractivity contribution >= 4 is 35.6 Å². The van der Waals surface area contributed by atoms with Crippen LogP contribution in [0.25, 0.3) is 0 Å². The molecule has 0 aromatic heterocycles. The third-order valence-electron chi connectivity index (χ3n) is 1.79. The van der Waals surface area contributed by atoms with E-state index in [0.29, 0.717) is 11.4 Å². The van der Waals surface area contributed by atoms with Crippen molar-refractivity contribution in [1.82, 2.24) is 0 Å². The van der Waals surface area contributed by atoms with E-state index in [1.54, 1.807) is 0 Å². The van der Waals surface area contributed by atoms with E-state index in [9.17, 15) is 0 Å². The fourth-order valence-corrected chi connectivity index (χ4v) is 2.70. The summed E-state index contributed by atoms with van der Waals surface area (Å²) in [5, 5.41) is 0.697. The van der Waals surface area contributed by atoms with Gasteiger partial charge in [-0.3, -0.25) is 0 Å². The zero-order chi connectivity index (χ0) is 12.1. The molecule has 0 aliphatic heterocycles. The molecule has 0 fully saturated rings. The Morgan fingerprint density at radius 1 is 1.38 bits per heavy atom. The van der Waals surface area contributed by atoms with Gasteiger partial charge < -0.3 is 0 Å². The van der Waals surface area contributed by atoms with E-state index in [0.717, 1.165) is 11.3 Å². The predicted octanol–water partition coefficient (Wildman–Crippen LogP) is 4.40. The van der Waals surface area contributed by atoms with Gasteiger partial charge in [-0.25, -0.2) is 0 Å². The molecule has 0 heterocycles. The number of benzene rings is 1. The van der Waals surface area contributed by atoms with E-state index < -0.39 is 13.5 Å². The Kier molecular flexibility index (Phi) is 6.28. The Morgan fingerprint density at radius 3 is 2.62 bits per heavy atom. The quantitative estimate of drug-likeness (QED) is 0.716. The van der Waals surface area contributed by atoms with Crippen LogP contribution in [-0.4, -0.2) is 10.7 Å².